The Kier molecular flexibility index (Phi) is 57.0. The third-order valence-electron chi connectivity index (χ3n) is 14.2. The van der Waals surface area contributed by atoms with E-state index in [9.17, 15) is 19.8 Å². The van der Waals surface area contributed by atoms with Crippen LogP contribution in [0.5, 0.6) is 0 Å². The fourth-order valence-electron chi connectivity index (χ4n) is 9.43. The molecule has 6 heteroatoms. The van der Waals surface area contributed by atoms with Crippen LogP contribution in [0.2, 0.25) is 0 Å². The number of rotatable bonds is 57. The highest BCUT2D eigenvalue weighted by molar-refractivity contribution is 5.76. The van der Waals surface area contributed by atoms with Gasteiger partial charge in [-0.1, -0.05) is 288 Å². The zero-order valence-electron chi connectivity index (χ0n) is 46.3. The van der Waals surface area contributed by atoms with Crippen molar-refractivity contribution in [3.8, 4) is 0 Å². The molecule has 0 bridgehead atoms. The van der Waals surface area contributed by atoms with Gasteiger partial charge in [0.25, 0.3) is 0 Å². The van der Waals surface area contributed by atoms with Crippen LogP contribution < -0.4 is 5.32 Å². The van der Waals surface area contributed by atoms with Crippen molar-refractivity contribution in [2.75, 3.05) is 13.2 Å². The standard InChI is InChI=1S/C63H119NO5/c1-3-5-7-9-11-13-14-15-16-27-31-34-37-41-45-49-53-57-63(68)69-58-54-50-46-42-38-35-32-29-26-24-22-20-18-17-19-21-23-25-28-30-33-36-40-44-48-52-56-62(67)64-60(59-65)61(66)55-51-47-43-39-12-10-8-6-4-2/h11,13,15-16,51,55,60-61,65-66H,3-10,12,14,17-50,52-54,56-59H2,1-2H3,(H,64,67)/b13-11-,16-15-,55-51+. The van der Waals surface area contributed by atoms with Crippen LogP contribution >= 0.6 is 0 Å². The van der Waals surface area contributed by atoms with Crippen LogP contribution in [0.1, 0.15) is 328 Å². The predicted octanol–water partition coefficient (Wildman–Crippen LogP) is 19.2. The molecule has 69 heavy (non-hydrogen) atoms. The Bertz CT molecular complexity index is 1120. The lowest BCUT2D eigenvalue weighted by Crippen LogP contribution is -2.45. The van der Waals surface area contributed by atoms with Gasteiger partial charge in [0, 0.05) is 12.8 Å². The van der Waals surface area contributed by atoms with Gasteiger partial charge in [-0.05, 0) is 64.2 Å². The third-order valence-corrected chi connectivity index (χ3v) is 14.2. The molecule has 0 heterocycles. The maximum Gasteiger partial charge on any atom is 0.305 e. The number of nitrogens with one attached hydrogen (secondary N) is 1. The molecule has 6 nitrogen and oxygen atoms in total. The lowest BCUT2D eigenvalue weighted by molar-refractivity contribution is -0.143. The Balaban J connectivity index is 3.33. The van der Waals surface area contributed by atoms with E-state index in [1.807, 2.05) is 6.08 Å². The van der Waals surface area contributed by atoms with Gasteiger partial charge in [-0.15, -0.1) is 0 Å². The first-order valence-electron chi connectivity index (χ1n) is 30.8. The van der Waals surface area contributed by atoms with Crippen LogP contribution in [0, 0.1) is 0 Å². The number of esters is 1. The summed E-state index contributed by atoms with van der Waals surface area (Å²) >= 11 is 0. The first kappa shape index (κ1) is 67.1. The molecule has 406 valence electrons. The monoisotopic (exact) mass is 970 g/mol. The second-order valence-electron chi connectivity index (χ2n) is 21.0. The maximum absolute atomic E-state index is 12.4. The van der Waals surface area contributed by atoms with Crippen molar-refractivity contribution in [1.82, 2.24) is 5.32 Å². The summed E-state index contributed by atoms with van der Waals surface area (Å²) < 4.78 is 5.49. The van der Waals surface area contributed by atoms with E-state index in [1.165, 1.54) is 250 Å². The molecular weight excluding hydrogens is 851 g/mol. The molecule has 0 rings (SSSR count). The minimum absolute atomic E-state index is 0.00886. The number of amides is 1. The Morgan fingerprint density at radius 1 is 0.406 bits per heavy atom. The van der Waals surface area contributed by atoms with Gasteiger partial charge < -0.3 is 20.3 Å². The summed E-state index contributed by atoms with van der Waals surface area (Å²) in [5.74, 6) is -0.0592. The highest BCUT2D eigenvalue weighted by atomic mass is 16.5. The first-order chi connectivity index (χ1) is 34.0. The van der Waals surface area contributed by atoms with Gasteiger partial charge in [0.1, 0.15) is 0 Å². The van der Waals surface area contributed by atoms with E-state index in [4.69, 9.17) is 4.74 Å². The van der Waals surface area contributed by atoms with Crippen LogP contribution in [0.25, 0.3) is 0 Å². The van der Waals surface area contributed by atoms with E-state index in [2.05, 4.69) is 43.5 Å². The second-order valence-corrected chi connectivity index (χ2v) is 21.0. The Labute approximate surface area is 430 Å². The first-order valence-corrected chi connectivity index (χ1v) is 30.8. The van der Waals surface area contributed by atoms with Gasteiger partial charge in [-0.25, -0.2) is 0 Å². The predicted molar refractivity (Wildman–Crippen MR) is 301 cm³/mol. The molecule has 0 aromatic carbocycles. The van der Waals surface area contributed by atoms with E-state index < -0.39 is 12.1 Å². The van der Waals surface area contributed by atoms with Gasteiger partial charge >= 0.3 is 5.97 Å². The van der Waals surface area contributed by atoms with E-state index >= 15 is 0 Å². The number of hydrogen-bond donors (Lipinski definition) is 3. The second kappa shape index (κ2) is 58.6. The van der Waals surface area contributed by atoms with Crippen LogP contribution in [-0.4, -0.2) is 47.4 Å². The van der Waals surface area contributed by atoms with Crippen molar-refractivity contribution < 1.29 is 24.5 Å². The quantitative estimate of drug-likeness (QED) is 0.0321. The fourth-order valence-corrected chi connectivity index (χ4v) is 9.43. The normalized spacial score (nSPS) is 12.8. The van der Waals surface area contributed by atoms with Gasteiger partial charge in [-0.2, -0.15) is 0 Å². The summed E-state index contributed by atoms with van der Waals surface area (Å²) in [5.41, 5.74) is 0. The van der Waals surface area contributed by atoms with Crippen LogP contribution in [0.4, 0.5) is 0 Å². The van der Waals surface area contributed by atoms with Crippen molar-refractivity contribution >= 4 is 11.9 Å². The zero-order chi connectivity index (χ0) is 50.0. The number of ether oxygens (including phenoxy) is 1. The molecular formula is C63H119NO5. The molecule has 0 spiro atoms. The summed E-state index contributed by atoms with van der Waals surface area (Å²) in [5, 5.41) is 22.9. The summed E-state index contributed by atoms with van der Waals surface area (Å²) in [4.78, 5) is 24.5. The summed E-state index contributed by atoms with van der Waals surface area (Å²) in [6.07, 6.45) is 73.4. The topological polar surface area (TPSA) is 95.9 Å². The fraction of sp³-hybridized carbons (Fsp3) is 0.873. The number of carbonyl (C=O) groups is 2. The Morgan fingerprint density at radius 2 is 0.725 bits per heavy atom. The minimum atomic E-state index is -0.840. The summed E-state index contributed by atoms with van der Waals surface area (Å²) in [6, 6.07) is -0.624. The molecule has 0 aliphatic rings. The van der Waals surface area contributed by atoms with Crippen molar-refractivity contribution in [2.45, 2.75) is 341 Å². The largest absolute Gasteiger partial charge is 0.466 e. The number of aliphatic hydroxyl groups is 2. The van der Waals surface area contributed by atoms with E-state index in [-0.39, 0.29) is 18.5 Å². The molecule has 0 aromatic heterocycles. The molecule has 0 aromatic rings. The smallest absolute Gasteiger partial charge is 0.305 e. The summed E-state index contributed by atoms with van der Waals surface area (Å²) in [6.45, 7) is 4.86. The van der Waals surface area contributed by atoms with Crippen molar-refractivity contribution in [2.24, 2.45) is 0 Å². The third kappa shape index (κ3) is 55.2. The summed E-state index contributed by atoms with van der Waals surface area (Å²) in [7, 11) is 0. The molecule has 0 radical (unpaired) electrons. The lowest BCUT2D eigenvalue weighted by atomic mass is 10.0. The van der Waals surface area contributed by atoms with Crippen molar-refractivity contribution in [3.63, 3.8) is 0 Å². The van der Waals surface area contributed by atoms with Crippen molar-refractivity contribution in [3.05, 3.63) is 36.5 Å². The van der Waals surface area contributed by atoms with Gasteiger partial charge in [0.05, 0.1) is 25.4 Å². The van der Waals surface area contributed by atoms with Crippen molar-refractivity contribution in [1.29, 1.82) is 0 Å². The lowest BCUT2D eigenvalue weighted by Gasteiger charge is -2.20. The number of carbonyl (C=O) groups excluding carboxylic acids is 2. The molecule has 0 fully saturated rings. The van der Waals surface area contributed by atoms with Gasteiger partial charge in [0.15, 0.2) is 0 Å². The average Bonchev–Trinajstić information content (AvgIpc) is 3.35. The maximum atomic E-state index is 12.4. The molecule has 0 aliphatic carbocycles. The van der Waals surface area contributed by atoms with Crippen LogP contribution in [0.3, 0.4) is 0 Å². The Hall–Kier alpha value is -1.92. The molecule has 2 atom stereocenters. The highest BCUT2D eigenvalue weighted by Crippen LogP contribution is 2.17. The zero-order valence-corrected chi connectivity index (χ0v) is 46.3. The number of unbranched alkanes of at least 4 members (excludes halogenated alkanes) is 42. The van der Waals surface area contributed by atoms with Gasteiger partial charge in [0.2, 0.25) is 5.91 Å². The molecule has 1 amide bonds. The van der Waals surface area contributed by atoms with Crippen LogP contribution in [0.15, 0.2) is 36.5 Å². The molecule has 0 saturated carbocycles. The van der Waals surface area contributed by atoms with E-state index in [0.29, 0.717) is 19.4 Å². The molecule has 2 unspecified atom stereocenters. The highest BCUT2D eigenvalue weighted by Gasteiger charge is 2.18. The molecule has 0 aliphatic heterocycles. The minimum Gasteiger partial charge on any atom is -0.466 e. The molecule has 3 N–H and O–H groups in total. The number of hydrogen-bond acceptors (Lipinski definition) is 5. The SMILES string of the molecule is CCCCC/C=C\C/C=C\CCCCCCCCCC(=O)OCCCCCCCCCCCCCCCCCCCCCCCCCCCCC(=O)NC(CO)C(O)/C=C/CCCCCCCCC. The average molecular weight is 971 g/mol. The number of allylic oxidation sites excluding steroid dienone is 5. The van der Waals surface area contributed by atoms with Crippen LogP contribution in [-0.2, 0) is 14.3 Å². The Morgan fingerprint density at radius 3 is 1.13 bits per heavy atom. The van der Waals surface area contributed by atoms with Gasteiger partial charge in [-0.3, -0.25) is 9.59 Å². The molecule has 0 saturated heterocycles. The van der Waals surface area contributed by atoms with E-state index in [1.54, 1.807) is 6.08 Å². The van der Waals surface area contributed by atoms with E-state index in [0.717, 1.165) is 51.4 Å². The number of aliphatic hydroxyl groups excluding tert-OH is 2.